The number of hydrogen-bond acceptors (Lipinski definition) is 7. The van der Waals surface area contributed by atoms with E-state index in [-0.39, 0.29) is 6.10 Å². The topological polar surface area (TPSA) is 85.3 Å². The van der Waals surface area contributed by atoms with E-state index in [1.165, 1.54) is 11.8 Å². The third-order valence-electron chi connectivity index (χ3n) is 4.61. The Morgan fingerprint density at radius 2 is 1.84 bits per heavy atom. The molecule has 0 saturated carbocycles. The Morgan fingerprint density at radius 3 is 2.58 bits per heavy atom. The van der Waals surface area contributed by atoms with Crippen molar-refractivity contribution in [1.29, 1.82) is 0 Å². The van der Waals surface area contributed by atoms with Crippen molar-refractivity contribution < 1.29 is 28.9 Å². The number of amides is 1. The van der Waals surface area contributed by atoms with E-state index in [1.54, 1.807) is 18.4 Å². The number of aliphatic hydroxyl groups excluding tert-OH is 1. The lowest BCUT2D eigenvalue weighted by Gasteiger charge is -2.24. The third kappa shape index (κ3) is 6.19. The molecule has 0 aliphatic carbocycles. The van der Waals surface area contributed by atoms with E-state index in [4.69, 9.17) is 19.3 Å². The van der Waals surface area contributed by atoms with Gasteiger partial charge >= 0.3 is 12.1 Å². The average Bonchev–Trinajstić information content (AvgIpc) is 3.31. The number of ether oxygens (including phenoxy) is 3. The molecule has 2 atom stereocenters. The molecule has 164 valence electrons. The Morgan fingerprint density at radius 1 is 1.06 bits per heavy atom. The summed E-state index contributed by atoms with van der Waals surface area (Å²) in [7, 11) is 1.60. The summed E-state index contributed by atoms with van der Waals surface area (Å²) in [6, 6.07) is 17.9. The Bertz CT molecular complexity index is 1000. The first-order chi connectivity index (χ1) is 15.0. The van der Waals surface area contributed by atoms with Crippen LogP contribution in [0.2, 0.25) is 0 Å². The van der Waals surface area contributed by atoms with Gasteiger partial charge in [0.15, 0.2) is 0 Å². The van der Waals surface area contributed by atoms with Crippen LogP contribution in [-0.4, -0.2) is 48.6 Å². The molecule has 0 spiro atoms. The number of aliphatic hydroxyl groups is 1. The van der Waals surface area contributed by atoms with Gasteiger partial charge in [-0.25, -0.2) is 9.59 Å². The van der Waals surface area contributed by atoms with E-state index in [1.807, 2.05) is 60.0 Å². The van der Waals surface area contributed by atoms with Crippen molar-refractivity contribution in [3.8, 4) is 5.75 Å². The van der Waals surface area contributed by atoms with Crippen LogP contribution in [0.4, 0.5) is 4.79 Å². The zero-order valence-corrected chi connectivity index (χ0v) is 18.2. The predicted octanol–water partition coefficient (Wildman–Crippen LogP) is 4.36. The quantitative estimate of drug-likeness (QED) is 0.391. The zero-order chi connectivity index (χ0) is 22.2. The number of benzene rings is 2. The number of rotatable bonds is 9. The number of carbonyl (C=O) groups is 2. The van der Waals surface area contributed by atoms with Crippen LogP contribution in [-0.2, 0) is 14.3 Å². The lowest BCUT2D eigenvalue weighted by Crippen LogP contribution is -2.33. The minimum Gasteiger partial charge on any atom is -0.484 e. The largest absolute Gasteiger partial charge is 0.484 e. The molecule has 0 aliphatic heterocycles. The minimum atomic E-state index is -1.09. The van der Waals surface area contributed by atoms with E-state index in [2.05, 4.69) is 0 Å². The first-order valence-corrected chi connectivity index (χ1v) is 10.8. The highest BCUT2D eigenvalue weighted by molar-refractivity contribution is 7.10. The highest BCUT2D eigenvalue weighted by atomic mass is 32.1. The molecule has 3 rings (SSSR count). The molecule has 1 aromatic heterocycles. The van der Waals surface area contributed by atoms with E-state index in [0.717, 1.165) is 21.4 Å². The number of esters is 1. The molecule has 8 heteroatoms. The van der Waals surface area contributed by atoms with Crippen LogP contribution in [0, 0.1) is 0 Å². The van der Waals surface area contributed by atoms with E-state index < -0.39 is 25.0 Å². The number of thiophene rings is 1. The van der Waals surface area contributed by atoms with Gasteiger partial charge in [0.1, 0.15) is 18.5 Å². The molecule has 0 bridgehead atoms. The van der Waals surface area contributed by atoms with Gasteiger partial charge in [-0.2, -0.15) is 0 Å². The van der Waals surface area contributed by atoms with Crippen LogP contribution in [0.1, 0.15) is 24.3 Å². The molecule has 1 N–H and O–H groups in total. The van der Waals surface area contributed by atoms with Crippen molar-refractivity contribution in [2.24, 2.45) is 0 Å². The fraction of sp³-hybridized carbons (Fsp3) is 0.304. The minimum absolute atomic E-state index is 0.245. The van der Waals surface area contributed by atoms with Crippen molar-refractivity contribution in [1.82, 2.24) is 4.90 Å². The molecular weight excluding hydrogens is 418 g/mol. The summed E-state index contributed by atoms with van der Waals surface area (Å²) in [5, 5.41) is 12.8. The van der Waals surface area contributed by atoms with Gasteiger partial charge in [0.05, 0.1) is 0 Å². The normalized spacial score (nSPS) is 12.7. The Labute approximate surface area is 184 Å². The van der Waals surface area contributed by atoms with Crippen molar-refractivity contribution in [3.63, 3.8) is 0 Å². The monoisotopic (exact) mass is 443 g/mol. The number of nitrogens with zero attached hydrogens (tertiary/aromatic N) is 1. The van der Waals surface area contributed by atoms with Crippen LogP contribution in [0.3, 0.4) is 0 Å². The molecule has 0 saturated heterocycles. The smallest absolute Gasteiger partial charge is 0.412 e. The Hall–Kier alpha value is -3.10. The fourth-order valence-corrected chi connectivity index (χ4v) is 3.86. The molecule has 1 amide bonds. The summed E-state index contributed by atoms with van der Waals surface area (Å²) >= 11 is 1.59. The van der Waals surface area contributed by atoms with Crippen LogP contribution < -0.4 is 4.74 Å². The maximum atomic E-state index is 12.3. The average molecular weight is 444 g/mol. The van der Waals surface area contributed by atoms with Gasteiger partial charge in [0, 0.05) is 37.2 Å². The first-order valence-electron chi connectivity index (χ1n) is 9.88. The Balaban J connectivity index is 1.65. The first kappa shape index (κ1) is 22.6. The summed E-state index contributed by atoms with van der Waals surface area (Å²) in [6.45, 7) is 1.01. The Kier molecular flexibility index (Phi) is 7.86. The van der Waals surface area contributed by atoms with Gasteiger partial charge < -0.3 is 24.2 Å². The van der Waals surface area contributed by atoms with Gasteiger partial charge in [0.2, 0.25) is 6.29 Å². The molecule has 1 heterocycles. The molecule has 0 fully saturated rings. The molecule has 2 unspecified atom stereocenters. The summed E-state index contributed by atoms with van der Waals surface area (Å²) in [6.07, 6.45) is -1.42. The zero-order valence-electron chi connectivity index (χ0n) is 17.4. The lowest BCUT2D eigenvalue weighted by atomic mass is 10.1. The predicted molar refractivity (Wildman–Crippen MR) is 118 cm³/mol. The lowest BCUT2D eigenvalue weighted by molar-refractivity contribution is -0.169. The van der Waals surface area contributed by atoms with Gasteiger partial charge in [-0.15, -0.1) is 11.3 Å². The van der Waals surface area contributed by atoms with E-state index in [0.29, 0.717) is 13.0 Å². The van der Waals surface area contributed by atoms with Crippen LogP contribution in [0.5, 0.6) is 5.75 Å². The fourth-order valence-electron chi connectivity index (χ4n) is 3.07. The maximum Gasteiger partial charge on any atom is 0.412 e. The number of fused-ring (bicyclic) bond motifs is 1. The second kappa shape index (κ2) is 10.8. The molecule has 0 aliphatic rings. The van der Waals surface area contributed by atoms with Crippen LogP contribution >= 0.6 is 11.3 Å². The summed E-state index contributed by atoms with van der Waals surface area (Å²) in [4.78, 5) is 25.8. The van der Waals surface area contributed by atoms with E-state index in [9.17, 15) is 9.59 Å². The second-order valence-electron chi connectivity index (χ2n) is 6.91. The van der Waals surface area contributed by atoms with Gasteiger partial charge in [-0.3, -0.25) is 0 Å². The van der Waals surface area contributed by atoms with Crippen LogP contribution in [0.15, 0.2) is 60.0 Å². The molecule has 31 heavy (non-hydrogen) atoms. The highest BCUT2D eigenvalue weighted by Crippen LogP contribution is 2.32. The van der Waals surface area contributed by atoms with Crippen molar-refractivity contribution in [3.05, 3.63) is 64.9 Å². The summed E-state index contributed by atoms with van der Waals surface area (Å²) < 4.78 is 16.2. The van der Waals surface area contributed by atoms with Gasteiger partial charge in [-0.05, 0) is 22.9 Å². The maximum absolute atomic E-state index is 12.3. The molecular formula is C23H25NO6S. The summed E-state index contributed by atoms with van der Waals surface area (Å²) in [5.41, 5.74) is 0. The number of carbonyl (C=O) groups excluding carboxylic acids is 2. The third-order valence-corrected chi connectivity index (χ3v) is 5.58. The summed E-state index contributed by atoms with van der Waals surface area (Å²) in [5.74, 6) is -0.0736. The van der Waals surface area contributed by atoms with Crippen molar-refractivity contribution in [2.75, 3.05) is 20.2 Å². The van der Waals surface area contributed by atoms with Gasteiger partial charge in [0.25, 0.3) is 0 Å². The van der Waals surface area contributed by atoms with Crippen molar-refractivity contribution in [2.45, 2.75) is 25.7 Å². The second-order valence-corrected chi connectivity index (χ2v) is 7.89. The van der Waals surface area contributed by atoms with Gasteiger partial charge in [-0.1, -0.05) is 42.5 Å². The van der Waals surface area contributed by atoms with E-state index >= 15 is 0 Å². The number of hydrogen-bond donors (Lipinski definition) is 1. The molecule has 7 nitrogen and oxygen atoms in total. The SMILES string of the molecule is CC(OC(=O)CO)OC(=O)N(C)CCC(Oc1cccc2ccccc12)c1cccs1. The molecule has 3 aromatic rings. The molecule has 0 radical (unpaired) electrons. The highest BCUT2D eigenvalue weighted by Gasteiger charge is 2.21. The van der Waals surface area contributed by atoms with Crippen molar-refractivity contribution >= 4 is 34.2 Å². The standard InChI is InChI=1S/C23H25NO6S/c1-16(28-22(26)15-25)29-23(27)24(2)13-12-20(21-11-6-14-31-21)30-19-10-5-8-17-7-3-4-9-18(17)19/h3-11,14,16,20,25H,12-13,15H2,1-2H3. The van der Waals surface area contributed by atoms with Crippen LogP contribution in [0.25, 0.3) is 10.8 Å². The molecule has 2 aromatic carbocycles.